The number of aromatic nitrogens is 1. The molecule has 0 fully saturated rings. The summed E-state index contributed by atoms with van der Waals surface area (Å²) in [4.78, 5) is 27.0. The molecular formula is C24H21N4NaO6. The number of ether oxygens (including phenoxy) is 1. The summed E-state index contributed by atoms with van der Waals surface area (Å²) >= 11 is 0. The van der Waals surface area contributed by atoms with Crippen LogP contribution >= 0.6 is 0 Å². The molecule has 1 heterocycles. The van der Waals surface area contributed by atoms with Crippen LogP contribution in [0.3, 0.4) is 0 Å². The molecule has 10 nitrogen and oxygen atoms in total. The summed E-state index contributed by atoms with van der Waals surface area (Å²) in [6.45, 7) is 0. The van der Waals surface area contributed by atoms with Gasteiger partial charge in [-0.1, -0.05) is 12.1 Å². The molecule has 0 aliphatic carbocycles. The van der Waals surface area contributed by atoms with Crippen LogP contribution in [-0.2, 0) is 9.59 Å². The number of amides is 1. The zero-order chi connectivity index (χ0) is 24.8. The largest absolute Gasteiger partial charge is 1.00 e. The Balaban J connectivity index is 0.00000432. The van der Waals surface area contributed by atoms with Crippen LogP contribution in [0.1, 0.15) is 18.4 Å². The number of benzene rings is 2. The minimum atomic E-state index is -1.53. The third-order valence-electron chi connectivity index (χ3n) is 5.00. The average Bonchev–Trinajstić information content (AvgIpc) is 2.82. The number of pyridine rings is 1. The number of carboxylic acids is 1. The summed E-state index contributed by atoms with van der Waals surface area (Å²) in [7, 11) is 1.48. The number of aliphatic hydroxyl groups is 1. The second-order valence-corrected chi connectivity index (χ2v) is 7.31. The fourth-order valence-electron chi connectivity index (χ4n) is 3.27. The van der Waals surface area contributed by atoms with E-state index in [0.29, 0.717) is 33.8 Å². The molecule has 1 amide bonds. The summed E-state index contributed by atoms with van der Waals surface area (Å²) in [5.74, 6) is -1.78. The van der Waals surface area contributed by atoms with Crippen LogP contribution in [-0.4, -0.2) is 40.3 Å². The number of nitrogens with two attached hydrogens (primary N) is 1. The number of aromatic hydroxyl groups is 1. The predicted molar refractivity (Wildman–Crippen MR) is 121 cm³/mol. The first-order valence-electron chi connectivity index (χ1n) is 10.1. The summed E-state index contributed by atoms with van der Waals surface area (Å²) in [6.07, 6.45) is -2.28. The molecule has 5 N–H and O–H groups in total. The number of rotatable bonds is 8. The molecule has 0 bridgehead atoms. The minimum absolute atomic E-state index is 0. The maximum atomic E-state index is 12.2. The first kappa shape index (κ1) is 27.6. The number of methoxy groups -OCH3 is 1. The molecule has 35 heavy (non-hydrogen) atoms. The Morgan fingerprint density at radius 2 is 1.97 bits per heavy atom. The van der Waals surface area contributed by atoms with Crippen molar-refractivity contribution in [3.63, 3.8) is 0 Å². The van der Waals surface area contributed by atoms with Crippen LogP contribution in [0.25, 0.3) is 22.4 Å². The predicted octanol–water partition coefficient (Wildman–Crippen LogP) is -1.58. The number of anilines is 2. The maximum Gasteiger partial charge on any atom is 1.00 e. The van der Waals surface area contributed by atoms with E-state index in [1.807, 2.05) is 6.07 Å². The topological polar surface area (TPSA) is 182 Å². The zero-order valence-electron chi connectivity index (χ0n) is 19.1. The van der Waals surface area contributed by atoms with Gasteiger partial charge in [-0.25, -0.2) is 4.98 Å². The molecule has 3 aromatic rings. The summed E-state index contributed by atoms with van der Waals surface area (Å²) in [5, 5.41) is 42.9. The Hall–Kier alpha value is -3.62. The van der Waals surface area contributed by atoms with E-state index in [1.165, 1.54) is 13.2 Å². The molecule has 0 aliphatic heterocycles. The third-order valence-corrected chi connectivity index (χ3v) is 5.00. The number of carbonyl (C=O) groups is 2. The van der Waals surface area contributed by atoms with E-state index in [1.54, 1.807) is 42.5 Å². The second kappa shape index (κ2) is 12.2. The fourth-order valence-corrected chi connectivity index (χ4v) is 3.27. The number of nitriles is 1. The van der Waals surface area contributed by atoms with Gasteiger partial charge >= 0.3 is 29.6 Å². The molecule has 2 aromatic carbocycles. The van der Waals surface area contributed by atoms with E-state index in [-0.39, 0.29) is 53.1 Å². The van der Waals surface area contributed by atoms with Gasteiger partial charge < -0.3 is 35.9 Å². The quantitative estimate of drug-likeness (QED) is 0.274. The third kappa shape index (κ3) is 6.71. The zero-order valence-corrected chi connectivity index (χ0v) is 21.1. The van der Waals surface area contributed by atoms with Crippen LogP contribution in [0.15, 0.2) is 48.5 Å². The molecule has 1 atom stereocenters. The number of aliphatic carboxylic acids is 1. The van der Waals surface area contributed by atoms with Crippen molar-refractivity contribution >= 4 is 23.4 Å². The number of hydrogen-bond donors (Lipinski definition) is 4. The van der Waals surface area contributed by atoms with Crippen molar-refractivity contribution in [2.45, 2.75) is 18.9 Å². The van der Waals surface area contributed by atoms with Gasteiger partial charge in [0.2, 0.25) is 0 Å². The van der Waals surface area contributed by atoms with Gasteiger partial charge in [-0.3, -0.25) is 4.79 Å². The normalized spacial score (nSPS) is 11.0. The van der Waals surface area contributed by atoms with E-state index >= 15 is 0 Å². The second-order valence-electron chi connectivity index (χ2n) is 7.31. The Kier molecular flexibility index (Phi) is 9.62. The van der Waals surface area contributed by atoms with Gasteiger partial charge in [0.05, 0.1) is 12.8 Å². The molecule has 0 saturated heterocycles. The first-order chi connectivity index (χ1) is 16.2. The smallest absolute Gasteiger partial charge is 0.550 e. The summed E-state index contributed by atoms with van der Waals surface area (Å²) in [6, 6.07) is 14.7. The SMILES string of the molecule is COc1ccc(O)c(-c2cc(-c3cccc(NC(=O)C(O)CCC(=O)[O-])c3)c(C#N)c(N)n2)c1.[Na+]. The Morgan fingerprint density at radius 3 is 2.63 bits per heavy atom. The van der Waals surface area contributed by atoms with E-state index < -0.39 is 24.4 Å². The van der Waals surface area contributed by atoms with Gasteiger partial charge in [-0.2, -0.15) is 5.26 Å². The minimum Gasteiger partial charge on any atom is -0.550 e. The van der Waals surface area contributed by atoms with E-state index in [0.717, 1.165) is 0 Å². The van der Waals surface area contributed by atoms with Crippen LogP contribution in [0.2, 0.25) is 0 Å². The molecule has 0 saturated carbocycles. The van der Waals surface area contributed by atoms with Gasteiger partial charge in [0.15, 0.2) is 0 Å². The van der Waals surface area contributed by atoms with Crippen molar-refractivity contribution < 1.29 is 59.2 Å². The van der Waals surface area contributed by atoms with E-state index in [2.05, 4.69) is 10.3 Å². The Labute approximate surface area is 223 Å². The monoisotopic (exact) mass is 484 g/mol. The standard InChI is InChI=1S/C24H22N4O6.Na/c1-34-15-5-6-20(29)17(10-15)19-11-16(18(12-25)23(26)28-19)13-3-2-4-14(9-13)27-24(33)21(30)7-8-22(31)32;/h2-6,9-11,21,29-30H,7-8H2,1H3,(H2,26,28)(H,27,33)(H,31,32);/q;+1/p-1. The Bertz CT molecular complexity index is 1290. The number of nitrogen functional groups attached to an aromatic ring is 1. The van der Waals surface area contributed by atoms with Crippen LogP contribution in [0.5, 0.6) is 11.5 Å². The number of phenols is 1. The van der Waals surface area contributed by atoms with Gasteiger partial charge in [0.25, 0.3) is 5.91 Å². The Morgan fingerprint density at radius 1 is 1.23 bits per heavy atom. The summed E-state index contributed by atoms with van der Waals surface area (Å²) < 4.78 is 5.20. The number of phenolic OH excluding ortho intramolecular Hbond substituents is 1. The van der Waals surface area contributed by atoms with Crippen molar-refractivity contribution in [1.29, 1.82) is 5.26 Å². The number of carboxylic acid groups (broad SMARTS) is 1. The first-order valence-corrected chi connectivity index (χ1v) is 10.1. The molecule has 1 unspecified atom stereocenters. The van der Waals surface area contributed by atoms with E-state index in [9.17, 15) is 30.2 Å². The van der Waals surface area contributed by atoms with Crippen LogP contribution in [0.4, 0.5) is 11.5 Å². The van der Waals surface area contributed by atoms with Gasteiger partial charge in [-0.05, 0) is 54.8 Å². The van der Waals surface area contributed by atoms with Crippen molar-refractivity contribution in [3.05, 3.63) is 54.1 Å². The number of nitrogens with one attached hydrogen (secondary N) is 1. The molecule has 0 spiro atoms. The molecular weight excluding hydrogens is 463 g/mol. The molecule has 174 valence electrons. The van der Waals surface area contributed by atoms with Crippen LogP contribution in [0, 0.1) is 11.3 Å². The van der Waals surface area contributed by atoms with Crippen molar-refractivity contribution in [2.24, 2.45) is 0 Å². The molecule has 11 heteroatoms. The van der Waals surface area contributed by atoms with E-state index in [4.69, 9.17) is 10.5 Å². The van der Waals surface area contributed by atoms with Crippen molar-refractivity contribution in [3.8, 4) is 40.0 Å². The van der Waals surface area contributed by atoms with Crippen LogP contribution < -0.4 is 50.5 Å². The number of carbonyl (C=O) groups excluding carboxylic acids is 2. The maximum absolute atomic E-state index is 12.2. The average molecular weight is 484 g/mol. The van der Waals surface area contributed by atoms with Gasteiger partial charge in [0, 0.05) is 22.8 Å². The molecule has 0 aliphatic rings. The van der Waals surface area contributed by atoms with Gasteiger partial charge in [-0.15, -0.1) is 0 Å². The van der Waals surface area contributed by atoms with Crippen molar-refractivity contribution in [1.82, 2.24) is 4.98 Å². The molecule has 1 aromatic heterocycles. The number of nitrogens with zero attached hydrogens (tertiary/aromatic N) is 2. The molecule has 3 rings (SSSR count). The van der Waals surface area contributed by atoms with Gasteiger partial charge in [0.1, 0.15) is 35.1 Å². The van der Waals surface area contributed by atoms with Crippen molar-refractivity contribution in [2.75, 3.05) is 18.2 Å². The molecule has 0 radical (unpaired) electrons. The fraction of sp³-hybridized carbons (Fsp3) is 0.167. The summed E-state index contributed by atoms with van der Waals surface area (Å²) in [5.41, 5.74) is 8.01. The number of hydrogen-bond acceptors (Lipinski definition) is 9. The number of aliphatic hydroxyl groups excluding tert-OH is 1.